The third-order valence-electron chi connectivity index (χ3n) is 16.8. The molecule has 2 atom stereocenters. The van der Waals surface area contributed by atoms with Crippen LogP contribution in [-0.4, -0.2) is 15.4 Å². The Morgan fingerprint density at radius 3 is 1.86 bits per heavy atom. The Labute approximate surface area is 444 Å². The standard InChI is InChI=1S/C66H72N4O.Pt/c1-35(2)46-29-47(31-51(30-46)71-50-21-22-52-53-32-48(64(13,14)15)20-23-56(53)69(57(52)34-50)58-33-49(24-25-67-58)65(16,17)18)63-68-62-54-27-38(5)40(7)44(11)59(54)60-45(12)41(8)39(6)28-55(60)66(62,19)70(63)61-42(9)36(3)26-37(4)43(61)10;/h20-30,32-33,35,62H,1-19H3;/q-2;+2/t62-,66+;/m1./s1. The first-order chi connectivity index (χ1) is 33.3. The monoisotopic (exact) mass is 1130 g/mol. The van der Waals surface area contributed by atoms with Crippen LogP contribution in [0.3, 0.4) is 0 Å². The van der Waals surface area contributed by atoms with Gasteiger partial charge in [-0.3, -0.25) is 0 Å². The first kappa shape index (κ1) is 51.1. The number of nitrogens with zero attached hydrogens (tertiary/aromatic N) is 4. The predicted molar refractivity (Wildman–Crippen MR) is 299 cm³/mol. The summed E-state index contributed by atoms with van der Waals surface area (Å²) in [6.45, 7) is 43.4. The van der Waals surface area contributed by atoms with E-state index in [1.54, 1.807) is 0 Å². The van der Waals surface area contributed by atoms with Crippen molar-refractivity contribution in [3.05, 3.63) is 180 Å². The zero-order valence-electron chi connectivity index (χ0n) is 46.2. The van der Waals surface area contributed by atoms with E-state index in [-0.39, 0.29) is 43.9 Å². The van der Waals surface area contributed by atoms with Gasteiger partial charge in [-0.1, -0.05) is 103 Å². The molecule has 0 saturated heterocycles. The molecule has 0 fully saturated rings. The van der Waals surface area contributed by atoms with Gasteiger partial charge >= 0.3 is 21.1 Å². The summed E-state index contributed by atoms with van der Waals surface area (Å²) in [5, 5.41) is 2.28. The number of anilines is 1. The third kappa shape index (κ3) is 7.91. The van der Waals surface area contributed by atoms with Crippen LogP contribution in [0, 0.1) is 81.4 Å². The Kier molecular flexibility index (Phi) is 12.6. The number of hydrogen-bond acceptors (Lipinski definition) is 4. The maximum absolute atomic E-state index is 7.07. The predicted octanol–water partition coefficient (Wildman–Crippen LogP) is 17.3. The van der Waals surface area contributed by atoms with Crippen LogP contribution in [0.2, 0.25) is 0 Å². The van der Waals surface area contributed by atoms with E-state index in [1.165, 1.54) is 100 Å². The third-order valence-corrected chi connectivity index (χ3v) is 16.8. The van der Waals surface area contributed by atoms with Gasteiger partial charge in [0.05, 0.1) is 17.4 Å². The molecular formula is C66H72N4OPt. The van der Waals surface area contributed by atoms with Gasteiger partial charge in [-0.05, 0) is 206 Å². The Morgan fingerprint density at radius 1 is 0.611 bits per heavy atom. The van der Waals surface area contributed by atoms with Crippen LogP contribution in [0.15, 0.2) is 84.0 Å². The Morgan fingerprint density at radius 2 is 1.22 bits per heavy atom. The number of rotatable bonds is 6. The number of fused-ring (bicyclic) bond motifs is 9. The van der Waals surface area contributed by atoms with Gasteiger partial charge in [0.25, 0.3) is 0 Å². The van der Waals surface area contributed by atoms with E-state index >= 15 is 0 Å². The van der Waals surface area contributed by atoms with Crippen molar-refractivity contribution in [1.82, 2.24) is 9.55 Å². The Hall–Kier alpha value is -5.77. The fourth-order valence-electron chi connectivity index (χ4n) is 11.7. The van der Waals surface area contributed by atoms with Gasteiger partial charge in [0, 0.05) is 28.9 Å². The maximum Gasteiger partial charge on any atom is 2.00 e. The molecule has 10 rings (SSSR count). The topological polar surface area (TPSA) is 42.6 Å². The largest absolute Gasteiger partial charge is 2.00 e. The zero-order valence-corrected chi connectivity index (χ0v) is 48.4. The van der Waals surface area contributed by atoms with Gasteiger partial charge in [-0.15, -0.1) is 34.7 Å². The van der Waals surface area contributed by atoms with E-state index in [9.17, 15) is 0 Å². The molecule has 5 nitrogen and oxygen atoms in total. The van der Waals surface area contributed by atoms with Crippen LogP contribution in [0.5, 0.6) is 11.5 Å². The molecule has 6 heteroatoms. The van der Waals surface area contributed by atoms with Gasteiger partial charge in [0.1, 0.15) is 5.82 Å². The van der Waals surface area contributed by atoms with E-state index < -0.39 is 5.54 Å². The van der Waals surface area contributed by atoms with Gasteiger partial charge in [0.15, 0.2) is 0 Å². The van der Waals surface area contributed by atoms with E-state index in [0.29, 0.717) is 11.5 Å². The van der Waals surface area contributed by atoms with E-state index in [1.807, 2.05) is 6.20 Å². The molecule has 2 aliphatic rings. The summed E-state index contributed by atoms with van der Waals surface area (Å²) in [5.74, 6) is 3.23. The Bertz CT molecular complexity index is 3570. The molecule has 8 aromatic rings. The molecular weight excluding hydrogens is 1060 g/mol. The van der Waals surface area contributed by atoms with Crippen LogP contribution in [0.4, 0.5) is 5.69 Å². The molecule has 0 saturated carbocycles. The Balaban J connectivity index is 0.00000640. The SMILES string of the molecule is Cc1cc2c(c(C)c1C)-c1c(cc(C)c(C)c1C)[C@@]1(C)[C@@H]2N=C(c2[c-]c(Oc3[c-]c4c(cc3)c3cc(C(C)(C)C)ccc3n4-c3cc(C(C)(C)C)ccn3)cc(C(C)C)c2)N1c1c(C)c(C)cc(C)c1C.[Pt+2]. The second kappa shape index (κ2) is 17.7. The number of hydrogen-bond donors (Lipinski definition) is 0. The van der Waals surface area contributed by atoms with E-state index in [0.717, 1.165) is 39.2 Å². The van der Waals surface area contributed by atoms with Crippen LogP contribution >= 0.6 is 0 Å². The minimum atomic E-state index is -0.578. The molecule has 0 spiro atoms. The van der Waals surface area contributed by atoms with Crippen LogP contribution in [-0.2, 0) is 37.4 Å². The van der Waals surface area contributed by atoms with Crippen LogP contribution < -0.4 is 9.64 Å². The molecule has 0 unspecified atom stereocenters. The summed E-state index contributed by atoms with van der Waals surface area (Å²) in [6, 6.07) is 34.6. The second-order valence-electron chi connectivity index (χ2n) is 23.7. The number of ether oxygens (including phenoxy) is 1. The molecule has 1 aliphatic carbocycles. The number of benzene rings is 6. The van der Waals surface area contributed by atoms with Gasteiger partial charge in [-0.2, -0.15) is 6.07 Å². The normalized spacial score (nSPS) is 16.5. The summed E-state index contributed by atoms with van der Waals surface area (Å²) in [7, 11) is 0. The number of aliphatic imine (C=N–C) groups is 1. The molecule has 0 amide bonds. The summed E-state index contributed by atoms with van der Waals surface area (Å²) in [6.07, 6.45) is 1.93. The smallest absolute Gasteiger partial charge is 0.503 e. The van der Waals surface area contributed by atoms with Crippen molar-refractivity contribution >= 4 is 33.3 Å². The number of amidine groups is 1. The fraction of sp³-hybridized carbons (Fsp3) is 0.364. The second-order valence-corrected chi connectivity index (χ2v) is 23.7. The summed E-state index contributed by atoms with van der Waals surface area (Å²) >= 11 is 0. The molecule has 3 heterocycles. The molecule has 6 aromatic carbocycles. The van der Waals surface area contributed by atoms with Crippen molar-refractivity contribution in [1.29, 1.82) is 0 Å². The number of aromatic nitrogens is 2. The van der Waals surface area contributed by atoms with E-state index in [4.69, 9.17) is 14.7 Å². The van der Waals surface area contributed by atoms with Crippen LogP contribution in [0.1, 0.15) is 163 Å². The number of pyridine rings is 1. The minimum absolute atomic E-state index is 0. The molecule has 372 valence electrons. The zero-order chi connectivity index (χ0) is 51.1. The van der Waals surface area contributed by atoms with E-state index in [2.05, 4.69) is 226 Å². The number of aryl methyl sites for hydroxylation is 4. The molecule has 2 aromatic heterocycles. The summed E-state index contributed by atoms with van der Waals surface area (Å²) < 4.78 is 9.33. The first-order valence-corrected chi connectivity index (χ1v) is 25.7. The van der Waals surface area contributed by atoms with Gasteiger partial charge in [0.2, 0.25) is 0 Å². The van der Waals surface area contributed by atoms with Crippen molar-refractivity contribution in [2.45, 2.75) is 160 Å². The maximum atomic E-state index is 7.07. The van der Waals surface area contributed by atoms with Crippen molar-refractivity contribution in [3.63, 3.8) is 0 Å². The van der Waals surface area contributed by atoms with Gasteiger partial charge in [-0.25, -0.2) is 4.98 Å². The quantitative estimate of drug-likeness (QED) is 0.156. The van der Waals surface area contributed by atoms with Crippen molar-refractivity contribution in [3.8, 4) is 28.4 Å². The molecule has 1 aliphatic heterocycles. The van der Waals surface area contributed by atoms with Crippen molar-refractivity contribution in [2.75, 3.05) is 4.90 Å². The van der Waals surface area contributed by atoms with Gasteiger partial charge < -0.3 is 19.2 Å². The average molecular weight is 1130 g/mol. The molecule has 0 N–H and O–H groups in total. The summed E-state index contributed by atoms with van der Waals surface area (Å²) in [4.78, 5) is 13.6. The van der Waals surface area contributed by atoms with Crippen molar-refractivity contribution in [2.24, 2.45) is 4.99 Å². The van der Waals surface area contributed by atoms with Crippen molar-refractivity contribution < 1.29 is 25.8 Å². The fourth-order valence-corrected chi connectivity index (χ4v) is 11.7. The molecule has 0 radical (unpaired) electrons. The average Bonchev–Trinajstić information content (AvgIpc) is 3.81. The molecule has 72 heavy (non-hydrogen) atoms. The minimum Gasteiger partial charge on any atom is -0.503 e. The van der Waals surface area contributed by atoms with Crippen LogP contribution in [0.25, 0.3) is 38.8 Å². The summed E-state index contributed by atoms with van der Waals surface area (Å²) in [5.41, 5.74) is 25.5. The molecule has 0 bridgehead atoms. The first-order valence-electron chi connectivity index (χ1n) is 25.7.